The second kappa shape index (κ2) is 65.3. The van der Waals surface area contributed by atoms with Crippen molar-refractivity contribution in [1.29, 1.82) is 0 Å². The van der Waals surface area contributed by atoms with Crippen LogP contribution >= 0.6 is 0 Å². The zero-order chi connectivity index (χ0) is 56.4. The first kappa shape index (κ1) is 73.8. The summed E-state index contributed by atoms with van der Waals surface area (Å²) in [6.45, 7) is 6.41. The third kappa shape index (κ3) is 62.7. The van der Waals surface area contributed by atoms with Crippen molar-refractivity contribution in [2.45, 2.75) is 303 Å². The highest BCUT2D eigenvalue weighted by molar-refractivity contribution is 5.71. The average Bonchev–Trinajstić information content (AvgIpc) is 3.44. The lowest BCUT2D eigenvalue weighted by molar-refractivity contribution is -0.167. The fourth-order valence-electron chi connectivity index (χ4n) is 8.91. The molecule has 6 heteroatoms. The van der Waals surface area contributed by atoms with E-state index >= 15 is 0 Å². The maximum atomic E-state index is 12.9. The van der Waals surface area contributed by atoms with Crippen molar-refractivity contribution in [3.8, 4) is 0 Å². The lowest BCUT2D eigenvalue weighted by Crippen LogP contribution is -2.30. The molecule has 0 aromatic carbocycles. The number of hydrogen-bond acceptors (Lipinski definition) is 6. The molecule has 6 nitrogen and oxygen atoms in total. The summed E-state index contributed by atoms with van der Waals surface area (Å²) in [6.07, 6.45) is 90.7. The van der Waals surface area contributed by atoms with Crippen LogP contribution in [0.25, 0.3) is 0 Å². The second-order valence-electron chi connectivity index (χ2n) is 21.3. The van der Waals surface area contributed by atoms with Gasteiger partial charge in [-0.2, -0.15) is 0 Å². The Labute approximate surface area is 482 Å². The summed E-state index contributed by atoms with van der Waals surface area (Å²) >= 11 is 0. The molecule has 0 aliphatic rings. The molecule has 0 heterocycles. The summed E-state index contributed by atoms with van der Waals surface area (Å²) in [5.74, 6) is -0.891. The molecule has 0 aromatic heterocycles. The van der Waals surface area contributed by atoms with Crippen LogP contribution in [0.5, 0.6) is 0 Å². The van der Waals surface area contributed by atoms with Gasteiger partial charge in [0.15, 0.2) is 6.10 Å². The van der Waals surface area contributed by atoms with Gasteiger partial charge in [-0.1, -0.05) is 290 Å². The molecule has 0 aliphatic heterocycles. The molecule has 0 radical (unpaired) electrons. The molecule has 0 saturated carbocycles. The highest BCUT2D eigenvalue weighted by atomic mass is 16.6. The molecule has 0 aromatic rings. The number of carbonyl (C=O) groups is 3. The van der Waals surface area contributed by atoms with Gasteiger partial charge in [-0.15, -0.1) is 0 Å². The molecule has 0 N–H and O–H groups in total. The van der Waals surface area contributed by atoms with E-state index in [2.05, 4.69) is 142 Å². The van der Waals surface area contributed by atoms with Gasteiger partial charge in [-0.3, -0.25) is 14.4 Å². The normalized spacial score (nSPS) is 12.9. The van der Waals surface area contributed by atoms with Crippen molar-refractivity contribution in [3.05, 3.63) is 122 Å². The van der Waals surface area contributed by atoms with Crippen molar-refractivity contribution < 1.29 is 28.6 Å². The molecule has 78 heavy (non-hydrogen) atoms. The molecule has 444 valence electrons. The molecule has 0 fully saturated rings. The van der Waals surface area contributed by atoms with Crippen molar-refractivity contribution in [2.24, 2.45) is 0 Å². The smallest absolute Gasteiger partial charge is 0.306 e. The first-order valence-corrected chi connectivity index (χ1v) is 32.5. The van der Waals surface area contributed by atoms with E-state index in [0.29, 0.717) is 19.3 Å². The van der Waals surface area contributed by atoms with Crippen LogP contribution in [-0.4, -0.2) is 37.2 Å². The topological polar surface area (TPSA) is 78.9 Å². The lowest BCUT2D eigenvalue weighted by Gasteiger charge is -2.18. The van der Waals surface area contributed by atoms with E-state index in [1.807, 2.05) is 0 Å². The van der Waals surface area contributed by atoms with E-state index in [9.17, 15) is 14.4 Å². The van der Waals surface area contributed by atoms with E-state index < -0.39 is 6.10 Å². The summed E-state index contributed by atoms with van der Waals surface area (Å²) < 4.78 is 16.9. The van der Waals surface area contributed by atoms with Crippen LogP contribution in [0.4, 0.5) is 0 Å². The van der Waals surface area contributed by atoms with Gasteiger partial charge in [-0.05, 0) is 109 Å². The number of hydrogen-bond donors (Lipinski definition) is 0. The first-order valence-electron chi connectivity index (χ1n) is 32.5. The Kier molecular flexibility index (Phi) is 61.8. The van der Waals surface area contributed by atoms with E-state index in [1.54, 1.807) is 0 Å². The number of carbonyl (C=O) groups excluding carboxylic acids is 3. The zero-order valence-corrected chi connectivity index (χ0v) is 50.9. The minimum atomic E-state index is -0.785. The van der Waals surface area contributed by atoms with Gasteiger partial charge < -0.3 is 14.2 Å². The summed E-state index contributed by atoms with van der Waals surface area (Å²) in [5, 5.41) is 0. The average molecular weight is 1080 g/mol. The Morgan fingerprint density at radius 3 is 0.782 bits per heavy atom. The zero-order valence-electron chi connectivity index (χ0n) is 50.9. The summed E-state index contributed by atoms with van der Waals surface area (Å²) in [7, 11) is 0. The summed E-state index contributed by atoms with van der Waals surface area (Å²) in [6, 6.07) is 0. The van der Waals surface area contributed by atoms with Gasteiger partial charge in [0.05, 0.1) is 0 Å². The summed E-state index contributed by atoms with van der Waals surface area (Å²) in [4.78, 5) is 38.2. The number of esters is 3. The fourth-order valence-corrected chi connectivity index (χ4v) is 8.91. The van der Waals surface area contributed by atoms with Crippen LogP contribution < -0.4 is 0 Å². The van der Waals surface area contributed by atoms with E-state index in [4.69, 9.17) is 14.2 Å². The Morgan fingerprint density at radius 1 is 0.269 bits per heavy atom. The van der Waals surface area contributed by atoms with Crippen molar-refractivity contribution >= 4 is 17.9 Å². The quantitative estimate of drug-likeness (QED) is 0.0261. The van der Waals surface area contributed by atoms with Crippen molar-refractivity contribution in [2.75, 3.05) is 13.2 Å². The van der Waals surface area contributed by atoms with Crippen LogP contribution in [0.15, 0.2) is 122 Å². The van der Waals surface area contributed by atoms with Crippen molar-refractivity contribution in [1.82, 2.24) is 0 Å². The largest absolute Gasteiger partial charge is 0.462 e. The van der Waals surface area contributed by atoms with Gasteiger partial charge in [0, 0.05) is 19.3 Å². The van der Waals surface area contributed by atoms with Crippen LogP contribution in [-0.2, 0) is 28.6 Å². The van der Waals surface area contributed by atoms with Crippen LogP contribution in [0.1, 0.15) is 297 Å². The standard InChI is InChI=1S/C72H120O6/c1-4-7-10-13-16-19-22-24-26-28-29-30-31-32-33-34-35-36-37-38-39-40-41-42-43-45-46-48-50-53-56-59-62-65-71(74)77-68-69(67-76-70(73)64-61-58-55-52-21-18-15-12-9-6-3)78-72(75)66-63-60-57-54-51-49-47-44-27-25-23-20-17-14-11-8-5-2/h7-8,10-11,16-17,19-20,24-27,29-30,32-33,35-36,38-39,69H,4-6,9,12-15,18,21-23,28,31,34,37,40-68H2,1-3H3/b10-7-,11-8-,19-16-,20-17-,26-24-,27-25-,30-29-,33-32-,36-35-,39-38-. The molecule has 0 aliphatic carbocycles. The van der Waals surface area contributed by atoms with Crippen LogP contribution in [0, 0.1) is 0 Å². The molecule has 0 amide bonds. The van der Waals surface area contributed by atoms with Gasteiger partial charge in [-0.25, -0.2) is 0 Å². The molecule has 1 unspecified atom stereocenters. The summed E-state index contributed by atoms with van der Waals surface area (Å²) in [5.41, 5.74) is 0. The SMILES string of the molecule is CC/C=C\C/C=C\C/C=C\C/C=C\C/C=C\C/C=C\C/C=C\CCCCCCCCCCCCCC(=O)OCC(COC(=O)CCCCCCCCCCCC)OC(=O)CCCCCCCCC/C=C\C/C=C\C/C=C\CC. The molecular formula is C72H120O6. The first-order chi connectivity index (χ1) is 38.5. The van der Waals surface area contributed by atoms with Gasteiger partial charge in [0.25, 0.3) is 0 Å². The Hall–Kier alpha value is -4.19. The Bertz CT molecular complexity index is 1620. The molecule has 0 spiro atoms. The predicted octanol–water partition coefficient (Wildman–Crippen LogP) is 22.4. The number of ether oxygens (including phenoxy) is 3. The maximum absolute atomic E-state index is 12.9. The number of unbranched alkanes of at least 4 members (excludes halogenated alkanes) is 27. The van der Waals surface area contributed by atoms with Gasteiger partial charge in [0.2, 0.25) is 0 Å². The maximum Gasteiger partial charge on any atom is 0.306 e. The molecular weight excluding hydrogens is 961 g/mol. The Balaban J connectivity index is 4.19. The van der Waals surface area contributed by atoms with Gasteiger partial charge >= 0.3 is 17.9 Å². The minimum absolute atomic E-state index is 0.0815. The van der Waals surface area contributed by atoms with Crippen LogP contribution in [0.2, 0.25) is 0 Å². The van der Waals surface area contributed by atoms with Crippen LogP contribution in [0.3, 0.4) is 0 Å². The molecule has 0 rings (SSSR count). The number of allylic oxidation sites excluding steroid dienone is 20. The van der Waals surface area contributed by atoms with Gasteiger partial charge in [0.1, 0.15) is 13.2 Å². The monoisotopic (exact) mass is 1080 g/mol. The van der Waals surface area contributed by atoms with E-state index in [1.165, 1.54) is 128 Å². The third-order valence-corrected chi connectivity index (χ3v) is 13.7. The minimum Gasteiger partial charge on any atom is -0.462 e. The van der Waals surface area contributed by atoms with Crippen molar-refractivity contribution in [3.63, 3.8) is 0 Å². The lowest BCUT2D eigenvalue weighted by atomic mass is 10.0. The highest BCUT2D eigenvalue weighted by Crippen LogP contribution is 2.16. The molecule has 1 atom stereocenters. The fraction of sp³-hybridized carbons (Fsp3) is 0.681. The number of rotatable bonds is 58. The predicted molar refractivity (Wildman–Crippen MR) is 339 cm³/mol. The Morgan fingerprint density at radius 2 is 0.500 bits per heavy atom. The van der Waals surface area contributed by atoms with E-state index in [-0.39, 0.29) is 31.1 Å². The third-order valence-electron chi connectivity index (χ3n) is 13.7. The highest BCUT2D eigenvalue weighted by Gasteiger charge is 2.19. The molecule has 0 bridgehead atoms. The second-order valence-corrected chi connectivity index (χ2v) is 21.3. The molecule has 0 saturated heterocycles. The van der Waals surface area contributed by atoms with E-state index in [0.717, 1.165) is 128 Å².